The number of nitrogens with zero attached hydrogens (tertiary/aromatic N) is 3. The maximum Gasteiger partial charge on any atom is 0.258 e. The van der Waals surface area contributed by atoms with E-state index in [-0.39, 0.29) is 12.0 Å². The molecule has 0 saturated carbocycles. The fourth-order valence-electron chi connectivity index (χ4n) is 2.14. The molecule has 3 heterocycles. The Balaban J connectivity index is 1.84. The van der Waals surface area contributed by atoms with Gasteiger partial charge >= 0.3 is 0 Å². The van der Waals surface area contributed by atoms with Crippen LogP contribution in [0.1, 0.15) is 23.6 Å². The summed E-state index contributed by atoms with van der Waals surface area (Å²) in [5, 5.41) is 9.45. The first kappa shape index (κ1) is 13.3. The minimum Gasteiger partial charge on any atom is -0.467 e. The molecule has 2 aromatic heterocycles. The topological polar surface area (TPSA) is 68.5 Å². The van der Waals surface area contributed by atoms with Crippen molar-refractivity contribution in [3.63, 3.8) is 0 Å². The molecular weight excluding hydrogens is 278 g/mol. The predicted molar refractivity (Wildman–Crippen MR) is 73.5 cm³/mol. The van der Waals surface area contributed by atoms with Crippen LogP contribution in [0.4, 0.5) is 5.13 Å². The molecule has 1 aliphatic rings. The number of hydrogen-bond acceptors (Lipinski definition) is 6. The van der Waals surface area contributed by atoms with Crippen LogP contribution in [0.2, 0.25) is 0 Å². The van der Waals surface area contributed by atoms with Gasteiger partial charge in [-0.15, -0.1) is 10.2 Å². The van der Waals surface area contributed by atoms with Gasteiger partial charge in [-0.05, 0) is 31.9 Å². The van der Waals surface area contributed by atoms with Gasteiger partial charge in [-0.1, -0.05) is 11.3 Å². The van der Waals surface area contributed by atoms with E-state index in [1.165, 1.54) is 11.3 Å². The van der Waals surface area contributed by atoms with E-state index in [9.17, 15) is 4.79 Å². The average Bonchev–Trinajstić information content (AvgIpc) is 3.17. The summed E-state index contributed by atoms with van der Waals surface area (Å²) < 4.78 is 10.8. The highest BCUT2D eigenvalue weighted by atomic mass is 32.1. The lowest BCUT2D eigenvalue weighted by Gasteiger charge is -2.21. The molecule has 2 aromatic rings. The normalized spacial score (nSPS) is 18.4. The molecule has 1 unspecified atom stereocenters. The van der Waals surface area contributed by atoms with Crippen LogP contribution in [0, 0.1) is 6.92 Å². The Morgan fingerprint density at radius 3 is 3.05 bits per heavy atom. The predicted octanol–water partition coefficient (Wildman–Crippen LogP) is 2.15. The second-order valence-electron chi connectivity index (χ2n) is 4.61. The summed E-state index contributed by atoms with van der Waals surface area (Å²) in [6, 6.07) is 3.64. The van der Waals surface area contributed by atoms with Gasteiger partial charge in [0.15, 0.2) is 0 Å². The van der Waals surface area contributed by atoms with E-state index in [1.54, 1.807) is 17.2 Å². The highest BCUT2D eigenvalue weighted by Gasteiger charge is 2.31. The maximum atomic E-state index is 12.6. The van der Waals surface area contributed by atoms with Crippen LogP contribution in [0.5, 0.6) is 0 Å². The highest BCUT2D eigenvalue weighted by Crippen LogP contribution is 2.25. The van der Waals surface area contributed by atoms with Crippen LogP contribution in [0.3, 0.4) is 0 Å². The van der Waals surface area contributed by atoms with Crippen molar-refractivity contribution in [2.75, 3.05) is 11.5 Å². The molecule has 1 saturated heterocycles. The van der Waals surface area contributed by atoms with Crippen molar-refractivity contribution in [2.24, 2.45) is 0 Å². The van der Waals surface area contributed by atoms with Crippen LogP contribution in [0.25, 0.3) is 0 Å². The second-order valence-corrected chi connectivity index (χ2v) is 5.77. The monoisotopic (exact) mass is 293 g/mol. The lowest BCUT2D eigenvalue weighted by atomic mass is 10.2. The molecule has 20 heavy (non-hydrogen) atoms. The first-order chi connectivity index (χ1) is 9.74. The van der Waals surface area contributed by atoms with Crippen molar-refractivity contribution in [3.05, 3.63) is 29.2 Å². The molecular formula is C13H15N3O3S. The zero-order valence-electron chi connectivity index (χ0n) is 11.1. The van der Waals surface area contributed by atoms with Crippen molar-refractivity contribution in [1.82, 2.24) is 10.2 Å². The van der Waals surface area contributed by atoms with Gasteiger partial charge in [0, 0.05) is 6.61 Å². The number of ether oxygens (including phenoxy) is 1. The molecule has 3 rings (SSSR count). The lowest BCUT2D eigenvalue weighted by Crippen LogP contribution is -2.38. The lowest BCUT2D eigenvalue weighted by molar-refractivity contribution is -0.127. The number of furan rings is 1. The summed E-state index contributed by atoms with van der Waals surface area (Å²) in [5.74, 6) is 0.638. The smallest absolute Gasteiger partial charge is 0.258 e. The van der Waals surface area contributed by atoms with Gasteiger partial charge in [-0.25, -0.2) is 0 Å². The van der Waals surface area contributed by atoms with Crippen LogP contribution >= 0.6 is 11.3 Å². The first-order valence-electron chi connectivity index (χ1n) is 6.49. The van der Waals surface area contributed by atoms with Gasteiger partial charge in [0.2, 0.25) is 5.13 Å². The number of anilines is 1. The average molecular weight is 293 g/mol. The summed E-state index contributed by atoms with van der Waals surface area (Å²) >= 11 is 1.39. The summed E-state index contributed by atoms with van der Waals surface area (Å²) in [6.07, 6.45) is 2.88. The molecule has 0 radical (unpaired) electrons. The molecule has 1 amide bonds. The Morgan fingerprint density at radius 2 is 2.45 bits per heavy atom. The Labute approximate surface area is 120 Å². The fourth-order valence-corrected chi connectivity index (χ4v) is 2.83. The quantitative estimate of drug-likeness (QED) is 0.864. The number of amides is 1. The number of carbonyl (C=O) groups is 1. The molecule has 0 bridgehead atoms. The van der Waals surface area contributed by atoms with E-state index in [0.29, 0.717) is 24.0 Å². The Hall–Kier alpha value is -1.73. The minimum absolute atomic E-state index is 0.0740. The summed E-state index contributed by atoms with van der Waals surface area (Å²) in [5.41, 5.74) is 0. The van der Waals surface area contributed by atoms with E-state index < -0.39 is 0 Å². The molecule has 1 aliphatic heterocycles. The molecule has 1 atom stereocenters. The zero-order valence-corrected chi connectivity index (χ0v) is 11.9. The van der Waals surface area contributed by atoms with Crippen LogP contribution in [-0.4, -0.2) is 28.8 Å². The van der Waals surface area contributed by atoms with Gasteiger partial charge < -0.3 is 9.15 Å². The summed E-state index contributed by atoms with van der Waals surface area (Å²) in [4.78, 5) is 14.2. The van der Waals surface area contributed by atoms with Crippen molar-refractivity contribution in [3.8, 4) is 0 Å². The minimum atomic E-state index is -0.380. The number of aromatic nitrogens is 2. The Morgan fingerprint density at radius 1 is 1.55 bits per heavy atom. The van der Waals surface area contributed by atoms with E-state index in [1.807, 2.05) is 13.0 Å². The molecule has 1 fully saturated rings. The van der Waals surface area contributed by atoms with Gasteiger partial charge in [0.25, 0.3) is 5.91 Å². The standard InChI is InChI=1S/C13H15N3O3S/c1-9-14-15-13(20-9)16(8-10-4-2-6-18-10)12(17)11-5-3-7-19-11/h2,4,6,11H,3,5,7-8H2,1H3. The molecule has 0 aromatic carbocycles. The van der Waals surface area contributed by atoms with Crippen molar-refractivity contribution >= 4 is 22.4 Å². The molecule has 0 N–H and O–H groups in total. The third kappa shape index (κ3) is 2.73. The molecule has 0 aliphatic carbocycles. The number of carbonyl (C=O) groups excluding carboxylic acids is 1. The third-order valence-electron chi connectivity index (χ3n) is 3.11. The maximum absolute atomic E-state index is 12.6. The van der Waals surface area contributed by atoms with Crippen LogP contribution < -0.4 is 4.90 Å². The second kappa shape index (κ2) is 5.72. The van der Waals surface area contributed by atoms with Gasteiger partial charge in [-0.2, -0.15) is 0 Å². The third-order valence-corrected chi connectivity index (χ3v) is 3.97. The SMILES string of the molecule is Cc1nnc(N(Cc2ccco2)C(=O)C2CCCO2)s1. The Bertz CT molecular complexity index is 575. The molecule has 0 spiro atoms. The first-order valence-corrected chi connectivity index (χ1v) is 7.31. The van der Waals surface area contributed by atoms with Crippen molar-refractivity contribution < 1.29 is 13.9 Å². The van der Waals surface area contributed by atoms with E-state index >= 15 is 0 Å². The van der Waals surface area contributed by atoms with Crippen molar-refractivity contribution in [1.29, 1.82) is 0 Å². The summed E-state index contributed by atoms with van der Waals surface area (Å²) in [6.45, 7) is 2.85. The number of rotatable bonds is 4. The fraction of sp³-hybridized carbons (Fsp3) is 0.462. The van der Waals surface area contributed by atoms with E-state index in [2.05, 4.69) is 10.2 Å². The molecule has 6 nitrogen and oxygen atoms in total. The largest absolute Gasteiger partial charge is 0.467 e. The Kier molecular flexibility index (Phi) is 3.79. The zero-order chi connectivity index (χ0) is 13.9. The van der Waals surface area contributed by atoms with E-state index in [0.717, 1.165) is 17.8 Å². The summed E-state index contributed by atoms with van der Waals surface area (Å²) in [7, 11) is 0. The number of hydrogen-bond donors (Lipinski definition) is 0. The highest BCUT2D eigenvalue weighted by molar-refractivity contribution is 7.15. The van der Waals surface area contributed by atoms with Crippen molar-refractivity contribution in [2.45, 2.75) is 32.4 Å². The molecule has 7 heteroatoms. The van der Waals surface area contributed by atoms with E-state index in [4.69, 9.17) is 9.15 Å². The van der Waals surface area contributed by atoms with Crippen LogP contribution in [-0.2, 0) is 16.1 Å². The van der Waals surface area contributed by atoms with Gasteiger partial charge in [0.05, 0.1) is 12.8 Å². The van der Waals surface area contributed by atoms with Crippen LogP contribution in [0.15, 0.2) is 22.8 Å². The van der Waals surface area contributed by atoms with Gasteiger partial charge in [-0.3, -0.25) is 9.69 Å². The van der Waals surface area contributed by atoms with Gasteiger partial charge in [0.1, 0.15) is 16.9 Å². The molecule has 106 valence electrons. The number of aryl methyl sites for hydroxylation is 1.